The molecule has 0 saturated carbocycles. The molecule has 0 unspecified atom stereocenters. The number of hydrogen-bond donors (Lipinski definition) is 2. The molecular formula is C5H10N4O. The smallest absolute Gasteiger partial charge is 0.262 e. The van der Waals surface area contributed by atoms with Gasteiger partial charge in [-0.25, -0.2) is 4.99 Å². The first-order valence-electron chi connectivity index (χ1n) is 2.71. The van der Waals surface area contributed by atoms with Crippen molar-refractivity contribution in [2.45, 2.75) is 6.92 Å². The molecule has 5 heteroatoms. The molecule has 0 heterocycles. The molecule has 4 N–H and O–H groups in total. The zero-order valence-electron chi connectivity index (χ0n) is 5.74. The van der Waals surface area contributed by atoms with Crippen LogP contribution in [-0.4, -0.2) is 24.6 Å². The number of nitrogens with two attached hydrogens (primary N) is 2. The topological polar surface area (TPSA) is 93.8 Å². The van der Waals surface area contributed by atoms with Gasteiger partial charge >= 0.3 is 0 Å². The zero-order valence-corrected chi connectivity index (χ0v) is 5.74. The molecule has 0 bridgehead atoms. The van der Waals surface area contributed by atoms with Crippen molar-refractivity contribution in [3.63, 3.8) is 0 Å². The fourth-order valence-corrected chi connectivity index (χ4v) is 0.238. The number of hydrogen-bond acceptors (Lipinski definition) is 3. The van der Waals surface area contributed by atoms with Crippen molar-refractivity contribution >= 4 is 18.0 Å². The number of rotatable bonds is 3. The van der Waals surface area contributed by atoms with Gasteiger partial charge in [0.2, 0.25) is 0 Å². The SMILES string of the molecule is CC(=NC=NCN)C(N)=O. The van der Waals surface area contributed by atoms with E-state index in [-0.39, 0.29) is 12.4 Å². The molecule has 0 fully saturated rings. The van der Waals surface area contributed by atoms with E-state index in [2.05, 4.69) is 9.98 Å². The summed E-state index contributed by atoms with van der Waals surface area (Å²) in [6, 6.07) is 0. The number of carbonyl (C=O) groups is 1. The molecule has 0 aromatic heterocycles. The highest BCUT2D eigenvalue weighted by molar-refractivity contribution is 6.38. The molecule has 0 aliphatic carbocycles. The van der Waals surface area contributed by atoms with Gasteiger partial charge in [-0.1, -0.05) is 0 Å². The average molecular weight is 142 g/mol. The van der Waals surface area contributed by atoms with Crippen LogP contribution in [0.25, 0.3) is 0 Å². The molecule has 0 saturated heterocycles. The summed E-state index contributed by atoms with van der Waals surface area (Å²) >= 11 is 0. The monoisotopic (exact) mass is 142 g/mol. The van der Waals surface area contributed by atoms with Crippen molar-refractivity contribution in [2.75, 3.05) is 6.67 Å². The third-order valence-electron chi connectivity index (χ3n) is 0.795. The van der Waals surface area contributed by atoms with Crippen molar-refractivity contribution in [1.29, 1.82) is 0 Å². The molecule has 0 aliphatic rings. The van der Waals surface area contributed by atoms with Crippen molar-refractivity contribution in [3.05, 3.63) is 0 Å². The highest BCUT2D eigenvalue weighted by Crippen LogP contribution is 1.71. The van der Waals surface area contributed by atoms with E-state index in [4.69, 9.17) is 11.5 Å². The number of aliphatic imine (C=N–C) groups is 2. The van der Waals surface area contributed by atoms with Gasteiger partial charge in [-0.05, 0) is 6.92 Å². The van der Waals surface area contributed by atoms with Gasteiger partial charge in [0.1, 0.15) is 12.1 Å². The fourth-order valence-electron chi connectivity index (χ4n) is 0.238. The van der Waals surface area contributed by atoms with Gasteiger partial charge in [-0.3, -0.25) is 9.79 Å². The standard InChI is InChI=1S/C5H10N4O/c1-4(5(7)10)9-3-8-2-6/h3H,2,6H2,1H3,(H2,7,10). The molecule has 0 radical (unpaired) electrons. The van der Waals surface area contributed by atoms with E-state index in [1.165, 1.54) is 13.3 Å². The van der Waals surface area contributed by atoms with Crippen LogP contribution in [0.1, 0.15) is 6.92 Å². The third kappa shape index (κ3) is 3.73. The molecule has 5 nitrogen and oxygen atoms in total. The second kappa shape index (κ2) is 4.63. The summed E-state index contributed by atoms with van der Waals surface area (Å²) in [7, 11) is 0. The Hall–Kier alpha value is -1.23. The second-order valence-electron chi connectivity index (χ2n) is 1.56. The van der Waals surface area contributed by atoms with Crippen molar-refractivity contribution in [1.82, 2.24) is 0 Å². The molecular weight excluding hydrogens is 132 g/mol. The van der Waals surface area contributed by atoms with Crippen LogP contribution >= 0.6 is 0 Å². The molecule has 0 rings (SSSR count). The maximum Gasteiger partial charge on any atom is 0.262 e. The first-order valence-corrected chi connectivity index (χ1v) is 2.71. The third-order valence-corrected chi connectivity index (χ3v) is 0.795. The summed E-state index contributed by atoms with van der Waals surface area (Å²) in [6.45, 7) is 1.67. The second-order valence-corrected chi connectivity index (χ2v) is 1.56. The van der Waals surface area contributed by atoms with Crippen LogP contribution < -0.4 is 11.5 Å². The number of nitrogens with zero attached hydrogens (tertiary/aromatic N) is 2. The van der Waals surface area contributed by atoms with E-state index >= 15 is 0 Å². The molecule has 0 spiro atoms. The van der Waals surface area contributed by atoms with Crippen LogP contribution in [0.2, 0.25) is 0 Å². The Morgan fingerprint density at radius 1 is 1.70 bits per heavy atom. The minimum absolute atomic E-state index is 0.162. The van der Waals surface area contributed by atoms with Crippen LogP contribution in [0.3, 0.4) is 0 Å². The summed E-state index contributed by atoms with van der Waals surface area (Å²) in [4.78, 5) is 17.4. The highest BCUT2D eigenvalue weighted by Gasteiger charge is 1.94. The van der Waals surface area contributed by atoms with Gasteiger partial charge in [0, 0.05) is 0 Å². The molecule has 0 atom stereocenters. The van der Waals surface area contributed by atoms with E-state index < -0.39 is 5.91 Å². The van der Waals surface area contributed by atoms with Gasteiger partial charge in [0.25, 0.3) is 5.91 Å². The van der Waals surface area contributed by atoms with Crippen LogP contribution in [0.15, 0.2) is 9.98 Å². The lowest BCUT2D eigenvalue weighted by molar-refractivity contribution is -0.112. The number of carbonyl (C=O) groups excluding carboxylic acids is 1. The lowest BCUT2D eigenvalue weighted by Crippen LogP contribution is -2.20. The maximum atomic E-state index is 10.3. The minimum atomic E-state index is -0.552. The van der Waals surface area contributed by atoms with Crippen LogP contribution in [0, 0.1) is 0 Å². The van der Waals surface area contributed by atoms with Crippen LogP contribution in [0.5, 0.6) is 0 Å². The van der Waals surface area contributed by atoms with E-state index in [9.17, 15) is 4.79 Å². The van der Waals surface area contributed by atoms with Gasteiger partial charge in [0.15, 0.2) is 0 Å². The van der Waals surface area contributed by atoms with Gasteiger partial charge in [-0.15, -0.1) is 0 Å². The first-order chi connectivity index (χ1) is 4.68. The maximum absolute atomic E-state index is 10.3. The van der Waals surface area contributed by atoms with E-state index in [0.717, 1.165) is 0 Å². The summed E-state index contributed by atoms with van der Waals surface area (Å²) in [5.74, 6) is -0.552. The Morgan fingerprint density at radius 2 is 2.30 bits per heavy atom. The molecule has 0 aromatic rings. The lowest BCUT2D eigenvalue weighted by Gasteiger charge is -1.86. The average Bonchev–Trinajstić information content (AvgIpc) is 1.88. The predicted molar refractivity (Wildman–Crippen MR) is 39.8 cm³/mol. The first kappa shape index (κ1) is 8.77. The zero-order chi connectivity index (χ0) is 7.98. The summed E-state index contributed by atoms with van der Waals surface area (Å²) in [5, 5.41) is 0. The number of primary amides is 1. The van der Waals surface area contributed by atoms with Gasteiger partial charge in [0.05, 0.1) is 6.67 Å². The Balaban J connectivity index is 3.92. The Kier molecular flexibility index (Phi) is 4.06. The van der Waals surface area contributed by atoms with Crippen molar-refractivity contribution < 1.29 is 4.79 Å². The van der Waals surface area contributed by atoms with E-state index in [0.29, 0.717) is 0 Å². The Morgan fingerprint density at radius 3 is 2.70 bits per heavy atom. The fraction of sp³-hybridized carbons (Fsp3) is 0.400. The van der Waals surface area contributed by atoms with Crippen LogP contribution in [-0.2, 0) is 4.79 Å². The van der Waals surface area contributed by atoms with Gasteiger partial charge in [-0.2, -0.15) is 0 Å². The van der Waals surface area contributed by atoms with Crippen LogP contribution in [0.4, 0.5) is 0 Å². The molecule has 10 heavy (non-hydrogen) atoms. The molecule has 56 valence electrons. The quantitative estimate of drug-likeness (QED) is 0.385. The lowest BCUT2D eigenvalue weighted by atomic mass is 10.4. The van der Waals surface area contributed by atoms with Crippen molar-refractivity contribution in [2.24, 2.45) is 21.5 Å². The predicted octanol–water partition coefficient (Wildman–Crippen LogP) is -1.12. The summed E-state index contributed by atoms with van der Waals surface area (Å²) in [5.41, 5.74) is 10.1. The largest absolute Gasteiger partial charge is 0.365 e. The van der Waals surface area contributed by atoms with Gasteiger partial charge < -0.3 is 11.5 Å². The highest BCUT2D eigenvalue weighted by atomic mass is 16.1. The number of amides is 1. The summed E-state index contributed by atoms with van der Waals surface area (Å²) in [6.07, 6.45) is 1.21. The van der Waals surface area contributed by atoms with Crippen molar-refractivity contribution in [3.8, 4) is 0 Å². The Bertz CT molecular complexity index is 172. The Labute approximate surface area is 58.8 Å². The van der Waals surface area contributed by atoms with E-state index in [1.807, 2.05) is 0 Å². The molecule has 1 amide bonds. The molecule has 0 aliphatic heterocycles. The van der Waals surface area contributed by atoms with E-state index in [1.54, 1.807) is 0 Å². The molecule has 0 aromatic carbocycles. The summed E-state index contributed by atoms with van der Waals surface area (Å²) < 4.78 is 0. The minimum Gasteiger partial charge on any atom is -0.365 e. The normalized spacial score (nSPS) is 12.4.